The molecule has 4 nitrogen and oxygen atoms in total. The van der Waals surface area contributed by atoms with Gasteiger partial charge in [-0.1, -0.05) is 12.1 Å². The molecule has 0 unspecified atom stereocenters. The van der Waals surface area contributed by atoms with E-state index in [9.17, 15) is 9.18 Å². The molecular weight excluding hydrogens is 265 g/mol. The number of halogens is 1. The van der Waals surface area contributed by atoms with E-state index >= 15 is 0 Å². The molecule has 2 heterocycles. The highest BCUT2D eigenvalue weighted by Crippen LogP contribution is 2.24. The van der Waals surface area contributed by atoms with Crippen molar-refractivity contribution >= 4 is 23.3 Å². The molecule has 0 spiro atoms. The van der Waals surface area contributed by atoms with Crippen LogP contribution < -0.4 is 5.56 Å². The topological polar surface area (TPSA) is 61.5 Å². The second kappa shape index (κ2) is 4.40. The minimum Gasteiger partial charge on any atom is -0.316 e. The summed E-state index contributed by atoms with van der Waals surface area (Å²) in [5.41, 5.74) is 1.52. The molecule has 0 saturated heterocycles. The summed E-state index contributed by atoms with van der Waals surface area (Å²) in [6.07, 6.45) is 1.58. The molecule has 19 heavy (non-hydrogen) atoms. The first-order valence-corrected chi connectivity index (χ1v) is 5.93. The lowest BCUT2D eigenvalue weighted by Gasteiger charge is -2.05. The van der Waals surface area contributed by atoms with Gasteiger partial charge in [-0.3, -0.25) is 9.78 Å². The Hall–Kier alpha value is -2.34. The number of aromatic amines is 2. The number of benzene rings is 1. The van der Waals surface area contributed by atoms with Crippen LogP contribution in [0.3, 0.4) is 0 Å². The predicted molar refractivity (Wildman–Crippen MR) is 72.9 cm³/mol. The fourth-order valence-electron chi connectivity index (χ4n) is 1.96. The second-order valence-corrected chi connectivity index (χ2v) is 4.41. The first-order valence-electron chi connectivity index (χ1n) is 5.52. The van der Waals surface area contributed by atoms with Crippen LogP contribution in [0.5, 0.6) is 0 Å². The standard InChI is InChI=1S/C13H8FN3OS/c14-8-3-1-7(2-4-8)9-5-6-15-11-10(9)12(18)17-13(19)16-11/h1-6H,(H2,15,16,17,18,19). The SMILES string of the molecule is O=c1[nH]c(=S)[nH]c2nccc(-c3ccc(F)cc3)c12. The normalized spacial score (nSPS) is 10.8. The Bertz CT molecular complexity index is 867. The summed E-state index contributed by atoms with van der Waals surface area (Å²) < 4.78 is 13.2. The Morgan fingerprint density at radius 2 is 1.84 bits per heavy atom. The molecule has 6 heteroatoms. The molecule has 2 N–H and O–H groups in total. The van der Waals surface area contributed by atoms with Crippen LogP contribution in [0.1, 0.15) is 0 Å². The van der Waals surface area contributed by atoms with Gasteiger partial charge < -0.3 is 4.98 Å². The van der Waals surface area contributed by atoms with Crippen molar-refractivity contribution in [2.24, 2.45) is 0 Å². The van der Waals surface area contributed by atoms with Gasteiger partial charge in [0.25, 0.3) is 5.56 Å². The third-order valence-electron chi connectivity index (χ3n) is 2.79. The molecular formula is C13H8FN3OS. The highest BCUT2D eigenvalue weighted by atomic mass is 32.1. The zero-order chi connectivity index (χ0) is 13.4. The van der Waals surface area contributed by atoms with Crippen LogP contribution >= 0.6 is 12.2 Å². The highest BCUT2D eigenvalue weighted by Gasteiger charge is 2.08. The van der Waals surface area contributed by atoms with Crippen LogP contribution in [0.15, 0.2) is 41.3 Å². The van der Waals surface area contributed by atoms with Crippen molar-refractivity contribution in [2.45, 2.75) is 0 Å². The number of nitrogens with zero attached hydrogens (tertiary/aromatic N) is 1. The van der Waals surface area contributed by atoms with E-state index in [0.717, 1.165) is 5.56 Å². The number of aromatic nitrogens is 3. The van der Waals surface area contributed by atoms with Crippen molar-refractivity contribution in [1.29, 1.82) is 0 Å². The van der Waals surface area contributed by atoms with Crippen LogP contribution in [-0.4, -0.2) is 15.0 Å². The van der Waals surface area contributed by atoms with Crippen LogP contribution in [0, 0.1) is 10.6 Å². The first kappa shape index (κ1) is 11.7. The van der Waals surface area contributed by atoms with Gasteiger partial charge in [-0.15, -0.1) is 0 Å². The maximum atomic E-state index is 12.9. The summed E-state index contributed by atoms with van der Waals surface area (Å²) in [5.74, 6) is -0.324. The Kier molecular flexibility index (Phi) is 2.72. The Morgan fingerprint density at radius 1 is 1.11 bits per heavy atom. The lowest BCUT2D eigenvalue weighted by Crippen LogP contribution is -2.09. The number of nitrogens with one attached hydrogen (secondary N) is 2. The fourth-order valence-corrected chi connectivity index (χ4v) is 2.15. The van der Waals surface area contributed by atoms with Gasteiger partial charge in [0, 0.05) is 6.20 Å². The van der Waals surface area contributed by atoms with Gasteiger partial charge in [-0.2, -0.15) is 0 Å². The van der Waals surface area contributed by atoms with Crippen LogP contribution in [0.4, 0.5) is 4.39 Å². The third kappa shape index (κ3) is 2.06. The summed E-state index contributed by atoms with van der Waals surface area (Å²) in [7, 11) is 0. The minimum atomic E-state index is -0.324. The minimum absolute atomic E-state index is 0.223. The first-order chi connectivity index (χ1) is 9.15. The number of pyridine rings is 1. The average Bonchev–Trinajstić information content (AvgIpc) is 2.38. The number of rotatable bonds is 1. The van der Waals surface area contributed by atoms with Gasteiger partial charge in [0.15, 0.2) is 4.77 Å². The molecule has 3 aromatic rings. The lowest BCUT2D eigenvalue weighted by atomic mass is 10.0. The Labute approximate surface area is 112 Å². The van der Waals surface area contributed by atoms with Crippen molar-refractivity contribution in [3.8, 4) is 11.1 Å². The van der Waals surface area contributed by atoms with E-state index in [0.29, 0.717) is 16.6 Å². The van der Waals surface area contributed by atoms with Crippen LogP contribution in [0.2, 0.25) is 0 Å². The summed E-state index contributed by atoms with van der Waals surface area (Å²) in [6, 6.07) is 7.64. The zero-order valence-electron chi connectivity index (χ0n) is 9.61. The Morgan fingerprint density at radius 3 is 2.58 bits per heavy atom. The number of hydrogen-bond acceptors (Lipinski definition) is 3. The monoisotopic (exact) mass is 273 g/mol. The molecule has 0 bridgehead atoms. The summed E-state index contributed by atoms with van der Waals surface area (Å²) >= 11 is 4.90. The van der Waals surface area contributed by atoms with Gasteiger partial charge in [-0.05, 0) is 41.5 Å². The van der Waals surface area contributed by atoms with Crippen molar-refractivity contribution in [3.05, 3.63) is 57.5 Å². The summed E-state index contributed by atoms with van der Waals surface area (Å²) in [6.45, 7) is 0. The molecule has 0 saturated carbocycles. The van der Waals surface area contributed by atoms with Gasteiger partial charge in [0.1, 0.15) is 11.5 Å². The van der Waals surface area contributed by atoms with Gasteiger partial charge >= 0.3 is 0 Å². The average molecular weight is 273 g/mol. The van der Waals surface area contributed by atoms with E-state index in [1.807, 2.05) is 0 Å². The predicted octanol–water partition coefficient (Wildman–Crippen LogP) is 2.79. The Balaban J connectivity index is 2.39. The number of fused-ring (bicyclic) bond motifs is 1. The van der Waals surface area contributed by atoms with Crippen molar-refractivity contribution in [1.82, 2.24) is 15.0 Å². The summed E-state index contributed by atoms with van der Waals surface area (Å²) in [4.78, 5) is 21.4. The zero-order valence-corrected chi connectivity index (χ0v) is 10.4. The molecule has 0 aliphatic heterocycles. The van der Waals surface area contributed by atoms with E-state index in [1.54, 1.807) is 24.4 Å². The van der Waals surface area contributed by atoms with Crippen LogP contribution in [0.25, 0.3) is 22.2 Å². The summed E-state index contributed by atoms with van der Waals surface area (Å²) in [5, 5.41) is 0.405. The largest absolute Gasteiger partial charge is 0.316 e. The molecule has 0 amide bonds. The van der Waals surface area contributed by atoms with E-state index in [2.05, 4.69) is 15.0 Å². The van der Waals surface area contributed by atoms with E-state index < -0.39 is 0 Å². The molecule has 0 aliphatic rings. The van der Waals surface area contributed by atoms with Gasteiger partial charge in [0.2, 0.25) is 0 Å². The lowest BCUT2D eigenvalue weighted by molar-refractivity contribution is 0.628. The molecule has 0 aliphatic carbocycles. The molecule has 0 radical (unpaired) electrons. The third-order valence-corrected chi connectivity index (χ3v) is 3.00. The molecule has 0 fully saturated rings. The molecule has 0 atom stereocenters. The molecule has 3 rings (SSSR count). The second-order valence-electron chi connectivity index (χ2n) is 4.00. The van der Waals surface area contributed by atoms with E-state index in [1.165, 1.54) is 12.1 Å². The van der Waals surface area contributed by atoms with Crippen molar-refractivity contribution in [2.75, 3.05) is 0 Å². The van der Waals surface area contributed by atoms with Gasteiger partial charge in [-0.25, -0.2) is 9.37 Å². The molecule has 94 valence electrons. The maximum Gasteiger partial charge on any atom is 0.261 e. The van der Waals surface area contributed by atoms with E-state index in [4.69, 9.17) is 12.2 Å². The number of H-pyrrole nitrogens is 2. The quantitative estimate of drug-likeness (QED) is 0.670. The van der Waals surface area contributed by atoms with E-state index in [-0.39, 0.29) is 16.1 Å². The number of hydrogen-bond donors (Lipinski definition) is 2. The van der Waals surface area contributed by atoms with Crippen LogP contribution in [-0.2, 0) is 0 Å². The molecule has 2 aromatic heterocycles. The van der Waals surface area contributed by atoms with Crippen molar-refractivity contribution < 1.29 is 4.39 Å². The van der Waals surface area contributed by atoms with Crippen molar-refractivity contribution in [3.63, 3.8) is 0 Å². The molecule has 1 aromatic carbocycles. The van der Waals surface area contributed by atoms with Gasteiger partial charge in [0.05, 0.1) is 5.39 Å². The highest BCUT2D eigenvalue weighted by molar-refractivity contribution is 7.71. The smallest absolute Gasteiger partial charge is 0.261 e. The maximum absolute atomic E-state index is 12.9. The fraction of sp³-hybridized carbons (Fsp3) is 0.